The van der Waals surface area contributed by atoms with Crippen molar-refractivity contribution in [2.75, 3.05) is 29.9 Å². The molecule has 0 saturated carbocycles. The molecule has 0 bridgehead atoms. The first-order valence-corrected chi connectivity index (χ1v) is 18.8. The van der Waals surface area contributed by atoms with Crippen molar-refractivity contribution in [3.63, 3.8) is 0 Å². The van der Waals surface area contributed by atoms with Gasteiger partial charge in [0.15, 0.2) is 11.6 Å². The highest BCUT2D eigenvalue weighted by Crippen LogP contribution is 2.30. The van der Waals surface area contributed by atoms with Crippen molar-refractivity contribution < 1.29 is 14.0 Å². The summed E-state index contributed by atoms with van der Waals surface area (Å²) in [6.45, 7) is 4.79. The molecule has 1 aliphatic heterocycles. The van der Waals surface area contributed by atoms with Crippen molar-refractivity contribution in [3.8, 4) is 0 Å². The molecule has 12 nitrogen and oxygen atoms in total. The number of hydrogen-bond donors (Lipinski definition) is 0. The smallest absolute Gasteiger partial charge is 0.275 e. The van der Waals surface area contributed by atoms with Gasteiger partial charge < -0.3 is 9.80 Å². The fourth-order valence-corrected chi connectivity index (χ4v) is 7.96. The van der Waals surface area contributed by atoms with Crippen LogP contribution >= 0.6 is 22.7 Å². The van der Waals surface area contributed by atoms with Gasteiger partial charge >= 0.3 is 0 Å². The van der Waals surface area contributed by atoms with Gasteiger partial charge in [-0.25, -0.2) is 14.4 Å². The van der Waals surface area contributed by atoms with E-state index in [0.717, 1.165) is 43.4 Å². The summed E-state index contributed by atoms with van der Waals surface area (Å²) in [5.41, 5.74) is 2.85. The number of anilines is 2. The number of aromatic nitrogens is 6. The van der Waals surface area contributed by atoms with Crippen molar-refractivity contribution in [2.45, 2.75) is 64.8 Å². The Morgan fingerprint density at radius 2 is 1.63 bits per heavy atom. The first-order chi connectivity index (χ1) is 25.1. The Morgan fingerprint density at radius 1 is 0.904 bits per heavy atom. The largest absolute Gasteiger partial charge is 0.342 e. The van der Waals surface area contributed by atoms with E-state index in [2.05, 4.69) is 27.1 Å². The number of rotatable bonds is 12. The van der Waals surface area contributed by atoms with Gasteiger partial charge in [0.2, 0.25) is 20.2 Å². The van der Waals surface area contributed by atoms with E-state index >= 15 is 0 Å². The molecule has 2 aromatic carbocycles. The van der Waals surface area contributed by atoms with Crippen LogP contribution in [-0.2, 0) is 28.9 Å². The van der Waals surface area contributed by atoms with Crippen LogP contribution in [0.1, 0.15) is 55.1 Å². The number of nitrogens with zero attached hydrogens (tertiary/aromatic N) is 8. The first-order valence-electron chi connectivity index (χ1n) is 17.2. The lowest BCUT2D eigenvalue weighted by molar-refractivity contribution is -0.119. The third kappa shape index (κ3) is 8.83. The molecular formula is C37H39FN8O4S2. The molecule has 0 N–H and O–H groups in total. The molecule has 0 amide bonds. The van der Waals surface area contributed by atoms with Crippen LogP contribution in [0.3, 0.4) is 0 Å². The SMILES string of the molecule is CCCc1cc(=O)n2nc(N(C)CC(=O)CCc3ccccc3)sc2n1.Cc1cc(=O)n2nc(N3CCCC3C(=O)Cc3cccc(F)c3)sc2n1. The molecule has 5 heterocycles. The van der Waals surface area contributed by atoms with Gasteiger partial charge in [-0.3, -0.25) is 19.2 Å². The molecular weight excluding hydrogens is 704 g/mol. The minimum absolute atomic E-state index is 0.0313. The third-order valence-corrected chi connectivity index (χ3v) is 10.5. The number of aryl methyl sites for hydroxylation is 3. The topological polar surface area (TPSA) is 135 Å². The molecule has 1 aliphatic rings. The summed E-state index contributed by atoms with van der Waals surface area (Å²) in [5, 5.41) is 9.92. The second-order valence-corrected chi connectivity index (χ2v) is 14.6. The second-order valence-electron chi connectivity index (χ2n) is 12.7. The quantitative estimate of drug-likeness (QED) is 0.166. The molecule has 1 saturated heterocycles. The fraction of sp³-hybridized carbons (Fsp3) is 0.351. The van der Waals surface area contributed by atoms with Crippen LogP contribution in [0.15, 0.2) is 76.3 Å². The van der Waals surface area contributed by atoms with Crippen LogP contribution in [0, 0.1) is 12.7 Å². The average Bonchev–Trinajstić information content (AvgIpc) is 3.87. The standard InChI is InChI=1S/C19H22N4O2S.C18H17FN4O2S/c1-3-7-15-12-17(25)23-18(20-15)26-19(21-23)22(2)13-16(24)11-10-14-8-5-4-6-9-14;1-11-8-16(25)23-17(20-11)26-18(21-23)22-7-3-6-14(22)15(24)10-12-4-2-5-13(19)9-12/h4-6,8-9,12H,3,7,10-11,13H2,1-2H3;2,4-5,8-9,14H,3,6-7,10H2,1H3. The Hall–Kier alpha value is -5.15. The van der Waals surface area contributed by atoms with Crippen molar-refractivity contribution in [2.24, 2.45) is 0 Å². The minimum Gasteiger partial charge on any atom is -0.342 e. The van der Waals surface area contributed by atoms with Gasteiger partial charge in [0, 0.05) is 50.0 Å². The highest BCUT2D eigenvalue weighted by Gasteiger charge is 2.33. The zero-order chi connectivity index (χ0) is 36.8. The van der Waals surface area contributed by atoms with Gasteiger partial charge in [-0.1, -0.05) is 78.5 Å². The number of Topliss-reactive ketones (excluding diaryl/α,β-unsaturated/α-hetero) is 2. The molecule has 15 heteroatoms. The molecule has 4 aromatic heterocycles. The molecule has 0 radical (unpaired) electrons. The van der Waals surface area contributed by atoms with Crippen LogP contribution in [-0.4, -0.2) is 66.9 Å². The first kappa shape index (κ1) is 36.6. The van der Waals surface area contributed by atoms with Crippen molar-refractivity contribution in [1.82, 2.24) is 29.2 Å². The number of benzene rings is 2. The number of ketones is 2. The Labute approximate surface area is 307 Å². The Kier molecular flexibility index (Phi) is 11.6. The van der Waals surface area contributed by atoms with E-state index in [-0.39, 0.29) is 47.5 Å². The summed E-state index contributed by atoms with van der Waals surface area (Å²) in [5.74, 6) is -0.169. The Morgan fingerprint density at radius 3 is 2.40 bits per heavy atom. The van der Waals surface area contributed by atoms with Gasteiger partial charge in [0.1, 0.15) is 5.82 Å². The van der Waals surface area contributed by atoms with Gasteiger partial charge in [0.05, 0.1) is 12.6 Å². The molecule has 52 heavy (non-hydrogen) atoms. The lowest BCUT2D eigenvalue weighted by Crippen LogP contribution is -2.37. The van der Waals surface area contributed by atoms with Crippen LogP contribution in [0.4, 0.5) is 14.7 Å². The summed E-state index contributed by atoms with van der Waals surface area (Å²) >= 11 is 2.64. The number of halogens is 1. The number of carbonyl (C=O) groups is 2. The molecule has 270 valence electrons. The molecule has 1 fully saturated rings. The van der Waals surface area contributed by atoms with Crippen LogP contribution < -0.4 is 20.9 Å². The molecule has 0 spiro atoms. The second kappa shape index (κ2) is 16.5. The van der Waals surface area contributed by atoms with Gasteiger partial charge in [-0.05, 0) is 55.9 Å². The van der Waals surface area contributed by atoms with E-state index < -0.39 is 0 Å². The normalized spacial score (nSPS) is 14.1. The van der Waals surface area contributed by atoms with Gasteiger partial charge in [0.25, 0.3) is 11.1 Å². The Balaban J connectivity index is 0.000000179. The Bertz CT molecular complexity index is 2320. The minimum atomic E-state index is -0.342. The van der Waals surface area contributed by atoms with Gasteiger partial charge in [-0.15, -0.1) is 10.2 Å². The highest BCUT2D eigenvalue weighted by atomic mass is 32.1. The van der Waals surface area contributed by atoms with Crippen LogP contribution in [0.25, 0.3) is 9.92 Å². The lowest BCUT2D eigenvalue weighted by Gasteiger charge is -2.22. The molecule has 6 aromatic rings. The predicted molar refractivity (Wildman–Crippen MR) is 202 cm³/mol. The summed E-state index contributed by atoms with van der Waals surface area (Å²) in [6, 6.07) is 18.7. The number of carbonyl (C=O) groups excluding carboxylic acids is 2. The predicted octanol–water partition coefficient (Wildman–Crippen LogP) is 5.12. The third-order valence-electron chi connectivity index (χ3n) is 8.57. The summed E-state index contributed by atoms with van der Waals surface area (Å²) in [6.07, 6.45) is 4.70. The van der Waals surface area contributed by atoms with E-state index in [1.165, 1.54) is 56.0 Å². The van der Waals surface area contributed by atoms with E-state index in [1.807, 2.05) is 42.3 Å². The van der Waals surface area contributed by atoms with Crippen LogP contribution in [0.2, 0.25) is 0 Å². The van der Waals surface area contributed by atoms with E-state index in [9.17, 15) is 23.6 Å². The maximum atomic E-state index is 13.4. The van der Waals surface area contributed by atoms with Crippen molar-refractivity contribution in [3.05, 3.63) is 116 Å². The van der Waals surface area contributed by atoms with Crippen molar-refractivity contribution >= 4 is 54.4 Å². The molecule has 1 atom stereocenters. The van der Waals surface area contributed by atoms with E-state index in [4.69, 9.17) is 0 Å². The summed E-state index contributed by atoms with van der Waals surface area (Å²) < 4.78 is 15.9. The average molecular weight is 743 g/mol. The zero-order valence-electron chi connectivity index (χ0n) is 29.2. The monoisotopic (exact) mass is 742 g/mol. The molecule has 7 rings (SSSR count). The molecule has 1 unspecified atom stereocenters. The zero-order valence-corrected chi connectivity index (χ0v) is 30.8. The number of likely N-dealkylation sites (N-methyl/N-ethyl adjacent to an activating group) is 1. The van der Waals surface area contributed by atoms with Gasteiger partial charge in [-0.2, -0.15) is 9.03 Å². The number of hydrogen-bond acceptors (Lipinski definition) is 12. The van der Waals surface area contributed by atoms with E-state index in [0.29, 0.717) is 44.4 Å². The maximum Gasteiger partial charge on any atom is 0.275 e. The fourth-order valence-electron chi connectivity index (χ4n) is 6.05. The van der Waals surface area contributed by atoms with E-state index in [1.54, 1.807) is 24.0 Å². The van der Waals surface area contributed by atoms with Crippen molar-refractivity contribution in [1.29, 1.82) is 0 Å². The summed E-state index contributed by atoms with van der Waals surface area (Å²) in [4.78, 5) is 62.9. The molecule has 0 aliphatic carbocycles. The summed E-state index contributed by atoms with van der Waals surface area (Å²) in [7, 11) is 1.82. The highest BCUT2D eigenvalue weighted by molar-refractivity contribution is 7.20. The number of fused-ring (bicyclic) bond motifs is 2. The lowest BCUT2D eigenvalue weighted by atomic mass is 10.0. The van der Waals surface area contributed by atoms with Crippen LogP contribution in [0.5, 0.6) is 0 Å². The maximum absolute atomic E-state index is 13.4.